The Hall–Kier alpha value is -2.41. The zero-order valence-electron chi connectivity index (χ0n) is 14.7. The average molecular weight is 380 g/mol. The number of hydrogen-bond donors (Lipinski definition) is 3. The van der Waals surface area contributed by atoms with Crippen LogP contribution in [0.1, 0.15) is 26.2 Å². The van der Waals surface area contributed by atoms with Crippen molar-refractivity contribution in [3.63, 3.8) is 0 Å². The van der Waals surface area contributed by atoms with Crippen LogP contribution in [0.2, 0.25) is 0 Å². The number of sulfonamides is 1. The molecule has 0 aliphatic heterocycles. The number of carbonyl (C=O) groups is 1. The first kappa shape index (κ1) is 21.6. The van der Waals surface area contributed by atoms with Gasteiger partial charge in [0.15, 0.2) is 0 Å². The Kier molecular flexibility index (Phi) is 9.36. The minimum absolute atomic E-state index is 0.0608. The van der Waals surface area contributed by atoms with Crippen molar-refractivity contribution in [3.05, 3.63) is 36.0 Å². The second-order valence-electron chi connectivity index (χ2n) is 5.47. The van der Waals surface area contributed by atoms with Gasteiger partial charge in [-0.15, -0.1) is 0 Å². The van der Waals surface area contributed by atoms with Crippen LogP contribution in [0, 0.1) is 11.3 Å². The van der Waals surface area contributed by atoms with Crippen LogP contribution in [-0.4, -0.2) is 34.1 Å². The molecule has 0 heterocycles. The molecular weight excluding hydrogens is 356 g/mol. The largest absolute Gasteiger partial charge is 0.390 e. The summed E-state index contributed by atoms with van der Waals surface area (Å²) in [5.41, 5.74) is 0.264. The zero-order chi connectivity index (χ0) is 19.4. The normalized spacial score (nSPS) is 11.7. The van der Waals surface area contributed by atoms with Crippen molar-refractivity contribution in [3.8, 4) is 6.07 Å². The van der Waals surface area contributed by atoms with E-state index in [0.717, 1.165) is 25.9 Å². The monoisotopic (exact) mass is 380 g/mol. The highest BCUT2D eigenvalue weighted by atomic mass is 32.2. The summed E-state index contributed by atoms with van der Waals surface area (Å²) in [6.45, 7) is 4.03. The number of nitriles is 1. The van der Waals surface area contributed by atoms with E-state index in [1.165, 1.54) is 30.5 Å². The molecule has 0 unspecified atom stereocenters. The minimum Gasteiger partial charge on any atom is -0.390 e. The summed E-state index contributed by atoms with van der Waals surface area (Å²) < 4.78 is 27.8. The number of hydrogen-bond acceptors (Lipinski definition) is 6. The summed E-state index contributed by atoms with van der Waals surface area (Å²) in [5.74, 6) is -0.595. The first-order chi connectivity index (χ1) is 12.4. The number of nitrogens with one attached hydrogen (secondary N) is 2. The molecule has 4 N–H and O–H groups in total. The average Bonchev–Trinajstić information content (AvgIpc) is 2.60. The summed E-state index contributed by atoms with van der Waals surface area (Å²) in [5, 5.41) is 19.5. The SMILES string of the molecule is CCCCOCCCN/C=C(/C#N)C(=O)Nc1ccc(S(N)(=O)=O)cc1. The predicted octanol–water partition coefficient (Wildman–Crippen LogP) is 1.48. The number of amides is 1. The molecule has 0 saturated carbocycles. The van der Waals surface area contributed by atoms with E-state index in [2.05, 4.69) is 17.6 Å². The fourth-order valence-corrected chi connectivity index (χ4v) is 2.39. The van der Waals surface area contributed by atoms with Gasteiger partial charge in [0, 0.05) is 31.6 Å². The topological polar surface area (TPSA) is 134 Å². The van der Waals surface area contributed by atoms with Gasteiger partial charge >= 0.3 is 0 Å². The first-order valence-electron chi connectivity index (χ1n) is 8.24. The predicted molar refractivity (Wildman–Crippen MR) is 98.5 cm³/mol. The Morgan fingerprint density at radius 3 is 2.50 bits per heavy atom. The van der Waals surface area contributed by atoms with Crippen LogP contribution in [0.3, 0.4) is 0 Å². The van der Waals surface area contributed by atoms with Gasteiger partial charge in [0.05, 0.1) is 4.90 Å². The van der Waals surface area contributed by atoms with Gasteiger partial charge in [0.2, 0.25) is 10.0 Å². The molecule has 0 fully saturated rings. The molecule has 26 heavy (non-hydrogen) atoms. The molecule has 142 valence electrons. The molecule has 9 heteroatoms. The summed E-state index contributed by atoms with van der Waals surface area (Å²) in [7, 11) is -3.79. The van der Waals surface area contributed by atoms with Gasteiger partial charge < -0.3 is 15.4 Å². The molecule has 8 nitrogen and oxygen atoms in total. The summed E-state index contributed by atoms with van der Waals surface area (Å²) in [6, 6.07) is 7.16. The highest BCUT2D eigenvalue weighted by Gasteiger charge is 2.11. The second kappa shape index (κ2) is 11.3. The number of carbonyl (C=O) groups excluding carboxylic acids is 1. The molecule has 0 aromatic heterocycles. The fraction of sp³-hybridized carbons (Fsp3) is 0.412. The highest BCUT2D eigenvalue weighted by molar-refractivity contribution is 7.89. The number of unbranched alkanes of at least 4 members (excludes halogenated alkanes) is 1. The molecule has 0 radical (unpaired) electrons. The van der Waals surface area contributed by atoms with E-state index in [0.29, 0.717) is 18.8 Å². The maximum absolute atomic E-state index is 12.1. The molecule has 0 aliphatic rings. The molecule has 1 aromatic carbocycles. The summed E-state index contributed by atoms with van der Waals surface area (Å²) >= 11 is 0. The first-order valence-corrected chi connectivity index (χ1v) is 9.78. The lowest BCUT2D eigenvalue weighted by atomic mass is 10.2. The lowest BCUT2D eigenvalue weighted by Crippen LogP contribution is -2.18. The molecule has 1 aromatic rings. The zero-order valence-corrected chi connectivity index (χ0v) is 15.5. The minimum atomic E-state index is -3.79. The number of benzene rings is 1. The molecule has 0 spiro atoms. The number of rotatable bonds is 11. The van der Waals surface area contributed by atoms with Crippen LogP contribution in [-0.2, 0) is 19.6 Å². The third-order valence-electron chi connectivity index (χ3n) is 3.30. The summed E-state index contributed by atoms with van der Waals surface area (Å²) in [4.78, 5) is 12.0. The highest BCUT2D eigenvalue weighted by Crippen LogP contribution is 2.13. The molecular formula is C17H24N4O4S. The van der Waals surface area contributed by atoms with Gasteiger partial charge in [-0.05, 0) is 37.1 Å². The molecule has 1 amide bonds. The van der Waals surface area contributed by atoms with Crippen LogP contribution < -0.4 is 15.8 Å². The Bertz CT molecular complexity index is 752. The van der Waals surface area contributed by atoms with E-state index in [-0.39, 0.29) is 10.5 Å². The fourth-order valence-electron chi connectivity index (χ4n) is 1.87. The molecule has 0 bridgehead atoms. The smallest absolute Gasteiger partial charge is 0.267 e. The second-order valence-corrected chi connectivity index (χ2v) is 7.03. The van der Waals surface area contributed by atoms with Crippen molar-refractivity contribution >= 4 is 21.6 Å². The van der Waals surface area contributed by atoms with Crippen LogP contribution in [0.25, 0.3) is 0 Å². The van der Waals surface area contributed by atoms with Crippen molar-refractivity contribution in [2.45, 2.75) is 31.1 Å². The number of primary sulfonamides is 1. The molecule has 1 rings (SSSR count). The third-order valence-corrected chi connectivity index (χ3v) is 4.23. The molecule has 0 aliphatic carbocycles. The Morgan fingerprint density at radius 2 is 1.92 bits per heavy atom. The number of anilines is 1. The van der Waals surface area contributed by atoms with Gasteiger partial charge in [0.25, 0.3) is 5.91 Å². The van der Waals surface area contributed by atoms with Gasteiger partial charge in [-0.25, -0.2) is 13.6 Å². The Balaban J connectivity index is 2.47. The van der Waals surface area contributed by atoms with Gasteiger partial charge in [0.1, 0.15) is 11.6 Å². The van der Waals surface area contributed by atoms with E-state index < -0.39 is 15.9 Å². The summed E-state index contributed by atoms with van der Waals surface area (Å²) in [6.07, 6.45) is 4.23. The van der Waals surface area contributed by atoms with Crippen molar-refractivity contribution in [2.24, 2.45) is 5.14 Å². The van der Waals surface area contributed by atoms with Crippen molar-refractivity contribution < 1.29 is 17.9 Å². The lowest BCUT2D eigenvalue weighted by molar-refractivity contribution is -0.112. The maximum atomic E-state index is 12.1. The van der Waals surface area contributed by atoms with Crippen LogP contribution >= 0.6 is 0 Å². The van der Waals surface area contributed by atoms with Gasteiger partial charge in [-0.1, -0.05) is 13.3 Å². The standard InChI is InChI=1S/C17H24N4O4S/c1-2-3-10-25-11-4-9-20-13-14(12-18)17(22)21-15-5-7-16(8-6-15)26(19,23)24/h5-8,13,20H,2-4,9-11H2,1H3,(H,21,22)(H2,19,23,24)/b14-13-. The van der Waals surface area contributed by atoms with Gasteiger partial charge in [-0.3, -0.25) is 4.79 Å². The molecule has 0 saturated heterocycles. The van der Waals surface area contributed by atoms with Crippen molar-refractivity contribution in [2.75, 3.05) is 25.1 Å². The third kappa shape index (κ3) is 8.11. The van der Waals surface area contributed by atoms with E-state index in [1.54, 1.807) is 0 Å². The van der Waals surface area contributed by atoms with Gasteiger partial charge in [-0.2, -0.15) is 5.26 Å². The number of nitrogens with zero attached hydrogens (tertiary/aromatic N) is 1. The molecule has 0 atom stereocenters. The van der Waals surface area contributed by atoms with Crippen molar-refractivity contribution in [1.82, 2.24) is 5.32 Å². The van der Waals surface area contributed by atoms with E-state index in [9.17, 15) is 13.2 Å². The van der Waals surface area contributed by atoms with Crippen LogP contribution in [0.4, 0.5) is 5.69 Å². The van der Waals surface area contributed by atoms with Crippen molar-refractivity contribution in [1.29, 1.82) is 5.26 Å². The van der Waals surface area contributed by atoms with E-state index in [1.807, 2.05) is 6.07 Å². The maximum Gasteiger partial charge on any atom is 0.267 e. The van der Waals surface area contributed by atoms with Crippen LogP contribution in [0.15, 0.2) is 40.9 Å². The Morgan fingerprint density at radius 1 is 1.27 bits per heavy atom. The number of ether oxygens (including phenoxy) is 1. The number of nitrogens with two attached hydrogens (primary N) is 1. The quantitative estimate of drug-likeness (QED) is 0.302. The van der Waals surface area contributed by atoms with Crippen LogP contribution in [0.5, 0.6) is 0 Å². The lowest BCUT2D eigenvalue weighted by Gasteiger charge is -2.06. The van der Waals surface area contributed by atoms with E-state index >= 15 is 0 Å². The Labute approximate surface area is 154 Å². The van der Waals surface area contributed by atoms with E-state index in [4.69, 9.17) is 15.1 Å².